The van der Waals surface area contributed by atoms with Crippen molar-refractivity contribution in [2.45, 2.75) is 31.9 Å². The van der Waals surface area contributed by atoms with Crippen LogP contribution in [0, 0.1) is 0 Å². The van der Waals surface area contributed by atoms with E-state index in [4.69, 9.17) is 5.11 Å². The highest BCUT2D eigenvalue weighted by atomic mass is 32.2. The Morgan fingerprint density at radius 1 is 1.23 bits per heavy atom. The maximum absolute atomic E-state index is 12.9. The molecule has 6 nitrogen and oxygen atoms in total. The number of amides is 1. The first-order chi connectivity index (χ1) is 14.0. The van der Waals surface area contributed by atoms with Crippen LogP contribution in [0.25, 0.3) is 0 Å². The van der Waals surface area contributed by atoms with Crippen LogP contribution in [0.2, 0.25) is 0 Å². The molecule has 0 radical (unpaired) electrons. The van der Waals surface area contributed by atoms with Gasteiger partial charge in [0, 0.05) is 10.4 Å². The van der Waals surface area contributed by atoms with Crippen molar-refractivity contribution in [3.63, 3.8) is 0 Å². The van der Waals surface area contributed by atoms with Crippen LogP contribution in [0.3, 0.4) is 0 Å². The van der Waals surface area contributed by atoms with Gasteiger partial charge in [-0.25, -0.2) is 0 Å². The van der Waals surface area contributed by atoms with Crippen LogP contribution in [0.15, 0.2) is 30.3 Å². The lowest BCUT2D eigenvalue weighted by molar-refractivity contribution is -0.274. The molecule has 0 unspecified atom stereocenters. The van der Waals surface area contributed by atoms with Gasteiger partial charge in [0.1, 0.15) is 10.8 Å². The molecule has 1 heterocycles. The number of ketones is 1. The summed E-state index contributed by atoms with van der Waals surface area (Å²) in [6, 6.07) is 6.12. The van der Waals surface area contributed by atoms with E-state index >= 15 is 0 Å². The topological polar surface area (TPSA) is 92.7 Å². The number of hydrogen-bond donors (Lipinski definition) is 2. The summed E-state index contributed by atoms with van der Waals surface area (Å²) in [5, 5.41) is 11.0. The van der Waals surface area contributed by atoms with E-state index < -0.39 is 35.0 Å². The number of benzene rings is 1. The molecule has 0 aliphatic heterocycles. The van der Waals surface area contributed by atoms with E-state index in [9.17, 15) is 27.6 Å². The second-order valence-corrected chi connectivity index (χ2v) is 8.51. The Bertz CT molecular complexity index is 925. The zero-order valence-corrected chi connectivity index (χ0v) is 17.5. The number of thioether (sulfide) groups is 1. The van der Waals surface area contributed by atoms with Gasteiger partial charge in [0.2, 0.25) is 5.91 Å². The van der Waals surface area contributed by atoms with Gasteiger partial charge in [0.05, 0.1) is 16.6 Å². The Hall–Kier alpha value is -2.53. The Balaban J connectivity index is 2.20. The van der Waals surface area contributed by atoms with E-state index in [1.807, 2.05) is 6.92 Å². The molecule has 11 heteroatoms. The number of aryl methyl sites for hydroxylation is 1. The third-order valence-electron chi connectivity index (χ3n) is 3.79. The maximum atomic E-state index is 12.9. The van der Waals surface area contributed by atoms with Crippen LogP contribution in [0.5, 0.6) is 5.75 Å². The second-order valence-electron chi connectivity index (χ2n) is 6.05. The average molecular weight is 461 g/mol. The quantitative estimate of drug-likeness (QED) is 0.531. The lowest BCUT2D eigenvalue weighted by atomic mass is 10.0. The maximum Gasteiger partial charge on any atom is 0.573 e. The average Bonchev–Trinajstić information content (AvgIpc) is 3.07. The minimum absolute atomic E-state index is 0.133. The van der Waals surface area contributed by atoms with Crippen molar-refractivity contribution in [3.05, 3.63) is 46.3 Å². The SMILES string of the molecule is CCc1cc(C(=O)c2ccc(OC(F)(F)F)cc2)c(NC(=O)[C@H](C)SCC(=O)O)s1. The Morgan fingerprint density at radius 2 is 1.87 bits per heavy atom. The summed E-state index contributed by atoms with van der Waals surface area (Å²) in [5.41, 5.74) is 0.346. The van der Waals surface area contributed by atoms with Gasteiger partial charge in [-0.15, -0.1) is 36.3 Å². The van der Waals surface area contributed by atoms with Crippen molar-refractivity contribution >= 4 is 45.8 Å². The van der Waals surface area contributed by atoms with Crippen molar-refractivity contribution in [3.8, 4) is 5.75 Å². The van der Waals surface area contributed by atoms with Crippen LogP contribution >= 0.6 is 23.1 Å². The van der Waals surface area contributed by atoms with Gasteiger partial charge in [-0.1, -0.05) is 6.92 Å². The predicted molar refractivity (Wildman–Crippen MR) is 108 cm³/mol. The lowest BCUT2D eigenvalue weighted by Crippen LogP contribution is -2.24. The van der Waals surface area contributed by atoms with Crippen molar-refractivity contribution < 1.29 is 37.4 Å². The van der Waals surface area contributed by atoms with E-state index in [0.29, 0.717) is 11.4 Å². The minimum Gasteiger partial charge on any atom is -0.481 e. The molecule has 0 saturated heterocycles. The normalized spacial score (nSPS) is 12.3. The van der Waals surface area contributed by atoms with Crippen molar-refractivity contribution in [1.82, 2.24) is 0 Å². The molecular weight excluding hydrogens is 443 g/mol. The van der Waals surface area contributed by atoms with Gasteiger partial charge in [-0.05, 0) is 43.7 Å². The fourth-order valence-corrected chi connectivity index (χ4v) is 3.93. The van der Waals surface area contributed by atoms with E-state index in [2.05, 4.69) is 10.1 Å². The molecule has 0 aliphatic rings. The highest BCUT2D eigenvalue weighted by molar-refractivity contribution is 8.01. The molecule has 0 spiro atoms. The summed E-state index contributed by atoms with van der Waals surface area (Å²) >= 11 is 2.16. The van der Waals surface area contributed by atoms with Crippen LogP contribution in [-0.4, -0.2) is 40.1 Å². The van der Waals surface area contributed by atoms with E-state index in [1.165, 1.54) is 23.5 Å². The third-order valence-corrected chi connectivity index (χ3v) is 6.11. The first kappa shape index (κ1) is 23.7. The number of alkyl halides is 3. The first-order valence-corrected chi connectivity index (χ1v) is 10.5. The van der Waals surface area contributed by atoms with Gasteiger partial charge < -0.3 is 15.2 Å². The molecule has 0 saturated carbocycles. The number of nitrogens with one attached hydrogen (secondary N) is 1. The van der Waals surface area contributed by atoms with Crippen molar-refractivity contribution in [2.75, 3.05) is 11.1 Å². The Kier molecular flexibility index (Phi) is 7.90. The van der Waals surface area contributed by atoms with Gasteiger partial charge in [-0.3, -0.25) is 14.4 Å². The summed E-state index contributed by atoms with van der Waals surface area (Å²) in [5.74, 6) is -2.65. The zero-order valence-electron chi connectivity index (χ0n) is 15.9. The molecular formula is C19H18F3NO5S2. The fraction of sp³-hybridized carbons (Fsp3) is 0.316. The highest BCUT2D eigenvalue weighted by Gasteiger charge is 2.31. The van der Waals surface area contributed by atoms with Crippen LogP contribution in [0.1, 0.15) is 34.6 Å². The number of anilines is 1. The van der Waals surface area contributed by atoms with Crippen molar-refractivity contribution in [2.24, 2.45) is 0 Å². The van der Waals surface area contributed by atoms with Gasteiger partial charge in [0.15, 0.2) is 5.78 Å². The number of ether oxygens (including phenoxy) is 1. The standard InChI is InChI=1S/C19H18F3NO5S2/c1-3-13-8-14(18(30-13)23-17(27)10(2)29-9-15(24)25)16(26)11-4-6-12(7-5-11)28-19(20,21)22/h4-8,10H,3,9H2,1-2H3,(H,23,27)(H,24,25)/t10-/m0/s1. The number of hydrogen-bond acceptors (Lipinski definition) is 6. The molecule has 0 fully saturated rings. The molecule has 1 amide bonds. The largest absolute Gasteiger partial charge is 0.573 e. The van der Waals surface area contributed by atoms with Crippen LogP contribution < -0.4 is 10.1 Å². The first-order valence-electron chi connectivity index (χ1n) is 8.67. The molecule has 1 aromatic heterocycles. The molecule has 2 N–H and O–H groups in total. The molecule has 162 valence electrons. The zero-order chi connectivity index (χ0) is 22.5. The molecule has 2 rings (SSSR count). The molecule has 2 aromatic rings. The molecule has 1 aromatic carbocycles. The Labute approximate surface area is 178 Å². The molecule has 30 heavy (non-hydrogen) atoms. The Morgan fingerprint density at radius 3 is 2.40 bits per heavy atom. The summed E-state index contributed by atoms with van der Waals surface area (Å²) in [6.45, 7) is 3.43. The smallest absolute Gasteiger partial charge is 0.481 e. The molecule has 0 bridgehead atoms. The number of thiophene rings is 1. The van der Waals surface area contributed by atoms with E-state index in [0.717, 1.165) is 28.8 Å². The second kappa shape index (κ2) is 9.98. The number of rotatable bonds is 9. The van der Waals surface area contributed by atoms with Gasteiger partial charge >= 0.3 is 12.3 Å². The minimum atomic E-state index is -4.83. The predicted octanol–water partition coefficient (Wildman–Crippen LogP) is 4.58. The van der Waals surface area contributed by atoms with Crippen molar-refractivity contribution in [1.29, 1.82) is 0 Å². The van der Waals surface area contributed by atoms with Crippen LogP contribution in [-0.2, 0) is 16.0 Å². The monoisotopic (exact) mass is 461 g/mol. The number of carboxylic acids is 1. The molecule has 0 aliphatic carbocycles. The fourth-order valence-electron chi connectivity index (χ4n) is 2.33. The third kappa shape index (κ3) is 6.77. The summed E-state index contributed by atoms with van der Waals surface area (Å²) in [4.78, 5) is 36.7. The summed E-state index contributed by atoms with van der Waals surface area (Å²) in [7, 11) is 0. The number of carbonyl (C=O) groups excluding carboxylic acids is 2. The van der Waals surface area contributed by atoms with Gasteiger partial charge in [-0.2, -0.15) is 0 Å². The number of carbonyl (C=O) groups is 3. The summed E-state index contributed by atoms with van der Waals surface area (Å²) in [6.07, 6.45) is -4.22. The van der Waals surface area contributed by atoms with E-state index in [-0.39, 0.29) is 16.9 Å². The number of aliphatic carboxylic acids is 1. The number of carboxylic acid groups (broad SMARTS) is 1. The van der Waals surface area contributed by atoms with E-state index in [1.54, 1.807) is 13.0 Å². The molecule has 1 atom stereocenters. The van der Waals surface area contributed by atoms with Gasteiger partial charge in [0.25, 0.3) is 0 Å². The number of halogens is 3. The van der Waals surface area contributed by atoms with Crippen LogP contribution in [0.4, 0.5) is 18.2 Å². The lowest BCUT2D eigenvalue weighted by Gasteiger charge is -2.11. The summed E-state index contributed by atoms with van der Waals surface area (Å²) < 4.78 is 40.6. The highest BCUT2D eigenvalue weighted by Crippen LogP contribution is 2.32.